The number of benzene rings is 4. The summed E-state index contributed by atoms with van der Waals surface area (Å²) in [5.41, 5.74) is 9.54. The van der Waals surface area contributed by atoms with E-state index >= 15 is 0 Å². The van der Waals surface area contributed by atoms with E-state index < -0.39 is 0 Å². The summed E-state index contributed by atoms with van der Waals surface area (Å²) in [7, 11) is 0. The molecule has 0 aliphatic heterocycles. The molecule has 0 atom stereocenters. The van der Waals surface area contributed by atoms with E-state index in [0.29, 0.717) is 5.02 Å². The molecule has 0 bridgehead atoms. The molecular weight excluding hydrogens is 508 g/mol. The van der Waals surface area contributed by atoms with Gasteiger partial charge < -0.3 is 4.42 Å². The van der Waals surface area contributed by atoms with Crippen LogP contribution in [-0.2, 0) is 0 Å². The lowest BCUT2D eigenvalue weighted by Gasteiger charge is -2.12. The number of aromatic nitrogens is 2. The number of aryl methyl sites for hydroxylation is 3. The van der Waals surface area contributed by atoms with Gasteiger partial charge in [0.05, 0.1) is 27.1 Å². The van der Waals surface area contributed by atoms with Gasteiger partial charge in [-0.2, -0.15) is 0 Å². The summed E-state index contributed by atoms with van der Waals surface area (Å²) in [5.74, 6) is 0. The van der Waals surface area contributed by atoms with Crippen molar-refractivity contribution in [1.29, 1.82) is 0 Å². The van der Waals surface area contributed by atoms with Crippen molar-refractivity contribution < 1.29 is 4.42 Å². The summed E-state index contributed by atoms with van der Waals surface area (Å²) in [6, 6.07) is 23.6. The van der Waals surface area contributed by atoms with Crippen LogP contribution >= 0.6 is 27.5 Å². The van der Waals surface area contributed by atoms with Crippen molar-refractivity contribution in [1.82, 2.24) is 8.97 Å². The molecular formula is C29H20BrClN2O. The molecule has 3 aromatic heterocycles. The summed E-state index contributed by atoms with van der Waals surface area (Å²) in [6.45, 7) is 6.39. The molecule has 34 heavy (non-hydrogen) atoms. The lowest BCUT2D eigenvalue weighted by atomic mass is 10.1. The van der Waals surface area contributed by atoms with E-state index in [1.165, 1.54) is 21.9 Å². The molecule has 4 aromatic carbocycles. The van der Waals surface area contributed by atoms with E-state index in [9.17, 15) is 0 Å². The molecule has 5 heteroatoms. The average molecular weight is 528 g/mol. The summed E-state index contributed by atoms with van der Waals surface area (Å²) < 4.78 is 11.9. The largest absolute Gasteiger partial charge is 0.439 e. The van der Waals surface area contributed by atoms with Crippen molar-refractivity contribution in [2.75, 3.05) is 0 Å². The van der Waals surface area contributed by atoms with E-state index in [1.54, 1.807) is 0 Å². The van der Waals surface area contributed by atoms with Gasteiger partial charge in [0.2, 0.25) is 5.71 Å². The fraction of sp³-hybridized carbons (Fsp3) is 0.103. The first-order valence-corrected chi connectivity index (χ1v) is 12.4. The third-order valence-corrected chi connectivity index (χ3v) is 8.07. The van der Waals surface area contributed by atoms with Crippen LogP contribution in [0.15, 0.2) is 75.6 Å². The Balaban J connectivity index is 1.75. The van der Waals surface area contributed by atoms with Crippen LogP contribution in [0.2, 0.25) is 5.02 Å². The maximum absolute atomic E-state index is 6.89. The topological polar surface area (TPSA) is 22.5 Å². The van der Waals surface area contributed by atoms with Crippen LogP contribution in [0.3, 0.4) is 0 Å². The van der Waals surface area contributed by atoms with Gasteiger partial charge in [0.25, 0.3) is 0 Å². The first-order valence-electron chi connectivity index (χ1n) is 11.3. The zero-order valence-corrected chi connectivity index (χ0v) is 21.3. The quantitative estimate of drug-likeness (QED) is 0.208. The molecule has 0 amide bonds. The third kappa shape index (κ3) is 2.58. The molecule has 166 valence electrons. The van der Waals surface area contributed by atoms with E-state index in [1.807, 2.05) is 0 Å². The Morgan fingerprint density at radius 1 is 0.853 bits per heavy atom. The fourth-order valence-corrected chi connectivity index (χ4v) is 6.26. The molecule has 0 fully saturated rings. The maximum atomic E-state index is 6.89. The number of furan rings is 1. The minimum atomic E-state index is 0.693. The predicted octanol–water partition coefficient (Wildman–Crippen LogP) is 9.28. The van der Waals surface area contributed by atoms with Crippen LogP contribution < -0.4 is 0 Å². The lowest BCUT2D eigenvalue weighted by molar-refractivity contribution is 0.651. The molecule has 7 aromatic rings. The second-order valence-corrected chi connectivity index (χ2v) is 10.4. The van der Waals surface area contributed by atoms with Crippen LogP contribution in [0.1, 0.15) is 16.7 Å². The van der Waals surface area contributed by atoms with Crippen molar-refractivity contribution in [3.8, 4) is 5.69 Å². The number of hydrogen-bond donors (Lipinski definition) is 0. The minimum absolute atomic E-state index is 0.693. The number of nitrogens with zero attached hydrogens (tertiary/aromatic N) is 2. The average Bonchev–Trinajstić information content (AvgIpc) is 3.43. The first kappa shape index (κ1) is 20.2. The third-order valence-electron chi connectivity index (χ3n) is 6.82. The summed E-state index contributed by atoms with van der Waals surface area (Å²) in [4.78, 5) is 0. The van der Waals surface area contributed by atoms with Gasteiger partial charge in [-0.3, -0.25) is 8.97 Å². The zero-order chi connectivity index (χ0) is 23.3. The van der Waals surface area contributed by atoms with Crippen LogP contribution in [0.4, 0.5) is 0 Å². The number of fused-ring (bicyclic) bond motifs is 9. The van der Waals surface area contributed by atoms with E-state index in [-0.39, 0.29) is 0 Å². The SMILES string of the molecule is Cc1cc(Br)c(Cl)c(-n2c3c(C)cc(C)cc3n3c4oc5ccc6ccccc6c5c4cc23)c1. The maximum Gasteiger partial charge on any atom is 0.214 e. The fourth-order valence-electron chi connectivity index (χ4n) is 5.50. The van der Waals surface area contributed by atoms with Crippen molar-refractivity contribution in [2.45, 2.75) is 20.8 Å². The Morgan fingerprint density at radius 2 is 1.65 bits per heavy atom. The van der Waals surface area contributed by atoms with Crippen molar-refractivity contribution in [3.63, 3.8) is 0 Å². The number of imidazole rings is 1. The second kappa shape index (κ2) is 6.91. The summed E-state index contributed by atoms with van der Waals surface area (Å²) in [6.07, 6.45) is 0. The number of rotatable bonds is 1. The lowest BCUT2D eigenvalue weighted by Crippen LogP contribution is -1.98. The predicted molar refractivity (Wildman–Crippen MR) is 146 cm³/mol. The second-order valence-electron chi connectivity index (χ2n) is 9.18. The van der Waals surface area contributed by atoms with Crippen LogP contribution in [0.25, 0.3) is 55.2 Å². The van der Waals surface area contributed by atoms with Gasteiger partial charge in [-0.1, -0.05) is 48.0 Å². The highest BCUT2D eigenvalue weighted by molar-refractivity contribution is 9.10. The number of hydrogen-bond acceptors (Lipinski definition) is 1. The molecule has 0 radical (unpaired) electrons. The van der Waals surface area contributed by atoms with Gasteiger partial charge in [-0.05, 0) is 94.5 Å². The molecule has 0 spiro atoms. The van der Waals surface area contributed by atoms with Gasteiger partial charge in [-0.25, -0.2) is 0 Å². The molecule has 7 rings (SSSR count). The molecule has 3 nitrogen and oxygen atoms in total. The molecule has 0 aliphatic carbocycles. The van der Waals surface area contributed by atoms with Crippen LogP contribution in [-0.4, -0.2) is 8.97 Å². The Labute approximate surface area is 209 Å². The Kier molecular flexibility index (Phi) is 4.10. The first-order chi connectivity index (χ1) is 16.4. The smallest absolute Gasteiger partial charge is 0.214 e. The molecule has 0 saturated carbocycles. The Bertz CT molecular complexity index is 1970. The van der Waals surface area contributed by atoms with Gasteiger partial charge >= 0.3 is 0 Å². The van der Waals surface area contributed by atoms with Gasteiger partial charge in [0.1, 0.15) is 11.2 Å². The number of halogens is 2. The normalized spacial score (nSPS) is 12.3. The highest BCUT2D eigenvalue weighted by atomic mass is 79.9. The summed E-state index contributed by atoms with van der Waals surface area (Å²) in [5, 5.41) is 5.36. The van der Waals surface area contributed by atoms with Gasteiger partial charge in [-0.15, -0.1) is 0 Å². The highest BCUT2D eigenvalue weighted by Gasteiger charge is 2.23. The van der Waals surface area contributed by atoms with Gasteiger partial charge in [0, 0.05) is 9.86 Å². The standard InChI is InChI=1S/C29H20BrClN2O/c1-15-10-17(3)28-23(13-15)33-25(32(28)22-12-16(2)11-21(30)27(22)31)14-20-26-19-7-5-4-6-18(19)8-9-24(26)34-29(20)33/h4-14H,1-3H3. The zero-order valence-electron chi connectivity index (χ0n) is 18.9. The Hall–Kier alpha value is -3.21. The van der Waals surface area contributed by atoms with Crippen LogP contribution in [0.5, 0.6) is 0 Å². The van der Waals surface area contributed by atoms with E-state index in [4.69, 9.17) is 16.0 Å². The molecule has 0 aliphatic rings. The molecule has 3 heterocycles. The van der Waals surface area contributed by atoms with Crippen LogP contribution in [0, 0.1) is 20.8 Å². The molecule has 0 saturated heterocycles. The minimum Gasteiger partial charge on any atom is -0.439 e. The van der Waals surface area contributed by atoms with E-state index in [2.05, 4.69) is 112 Å². The highest BCUT2D eigenvalue weighted by Crippen LogP contribution is 2.42. The van der Waals surface area contributed by atoms with E-state index in [0.717, 1.165) is 54.5 Å². The Morgan fingerprint density at radius 3 is 2.50 bits per heavy atom. The molecule has 0 N–H and O–H groups in total. The molecule has 0 unspecified atom stereocenters. The monoisotopic (exact) mass is 526 g/mol. The van der Waals surface area contributed by atoms with Crippen molar-refractivity contribution >= 4 is 77.1 Å². The van der Waals surface area contributed by atoms with Crippen molar-refractivity contribution in [2.24, 2.45) is 0 Å². The summed E-state index contributed by atoms with van der Waals surface area (Å²) >= 11 is 10.5. The van der Waals surface area contributed by atoms with Gasteiger partial charge in [0.15, 0.2) is 0 Å². The van der Waals surface area contributed by atoms with Crippen molar-refractivity contribution in [3.05, 3.63) is 92.9 Å².